The Bertz CT molecular complexity index is 643. The highest BCUT2D eigenvalue weighted by molar-refractivity contribution is 9.10. The Morgan fingerprint density at radius 3 is 2.52 bits per heavy atom. The lowest BCUT2D eigenvalue weighted by Gasteiger charge is -2.21. The van der Waals surface area contributed by atoms with Crippen LogP contribution in [0.15, 0.2) is 34.8 Å². The molecule has 5 nitrogen and oxygen atoms in total. The molecule has 0 aromatic heterocycles. The summed E-state index contributed by atoms with van der Waals surface area (Å²) in [6.07, 6.45) is 2.53. The number of nitrogens with one attached hydrogen (secondary N) is 1. The molecule has 2 aliphatic heterocycles. The van der Waals surface area contributed by atoms with Gasteiger partial charge >= 0.3 is 5.97 Å². The molecule has 1 aromatic rings. The zero-order valence-corrected chi connectivity index (χ0v) is 12.8. The van der Waals surface area contributed by atoms with Crippen LogP contribution in [0.2, 0.25) is 0 Å². The Hall–Kier alpha value is -1.66. The number of halogens is 1. The van der Waals surface area contributed by atoms with Gasteiger partial charge in [0.2, 0.25) is 5.91 Å². The number of amides is 1. The Labute approximate surface area is 130 Å². The molecule has 2 bridgehead atoms. The first-order valence-electron chi connectivity index (χ1n) is 6.61. The number of benzene rings is 1. The van der Waals surface area contributed by atoms with E-state index in [9.17, 15) is 14.7 Å². The Balaban J connectivity index is 1.80. The predicted molar refractivity (Wildman–Crippen MR) is 79.9 cm³/mol. The van der Waals surface area contributed by atoms with Gasteiger partial charge in [-0.15, -0.1) is 0 Å². The van der Waals surface area contributed by atoms with E-state index in [0.717, 1.165) is 10.0 Å². The minimum Gasteiger partial charge on any atom is -0.481 e. The summed E-state index contributed by atoms with van der Waals surface area (Å²) in [5.74, 6) is -2.84. The van der Waals surface area contributed by atoms with Gasteiger partial charge in [0.1, 0.15) is 5.92 Å². The number of ether oxygens (including phenoxy) is 1. The average Bonchev–Trinajstić information content (AvgIpc) is 3.03. The van der Waals surface area contributed by atoms with E-state index in [2.05, 4.69) is 21.2 Å². The zero-order chi connectivity index (χ0) is 15.1. The van der Waals surface area contributed by atoms with Crippen molar-refractivity contribution in [2.45, 2.75) is 19.1 Å². The molecule has 0 aliphatic carbocycles. The van der Waals surface area contributed by atoms with E-state index in [4.69, 9.17) is 4.74 Å². The monoisotopic (exact) mass is 351 g/mol. The highest BCUT2D eigenvalue weighted by atomic mass is 79.9. The summed E-state index contributed by atoms with van der Waals surface area (Å²) >= 11 is 3.40. The van der Waals surface area contributed by atoms with Gasteiger partial charge in [-0.25, -0.2) is 0 Å². The van der Waals surface area contributed by atoms with Gasteiger partial charge in [-0.2, -0.15) is 0 Å². The summed E-state index contributed by atoms with van der Waals surface area (Å²) in [5.41, 5.74) is 1.64. The van der Waals surface area contributed by atoms with Gasteiger partial charge in [-0.3, -0.25) is 9.59 Å². The van der Waals surface area contributed by atoms with Crippen LogP contribution in [0.1, 0.15) is 5.56 Å². The summed E-state index contributed by atoms with van der Waals surface area (Å²) in [7, 11) is 0. The fourth-order valence-electron chi connectivity index (χ4n) is 2.86. The molecule has 1 aromatic carbocycles. The first kappa shape index (κ1) is 14.3. The van der Waals surface area contributed by atoms with Crippen LogP contribution in [0.5, 0.6) is 0 Å². The van der Waals surface area contributed by atoms with Gasteiger partial charge in [-0.05, 0) is 30.7 Å². The molecule has 2 heterocycles. The zero-order valence-electron chi connectivity index (χ0n) is 11.2. The molecule has 4 atom stereocenters. The first-order valence-corrected chi connectivity index (χ1v) is 7.40. The van der Waals surface area contributed by atoms with Crippen molar-refractivity contribution in [2.24, 2.45) is 11.8 Å². The largest absolute Gasteiger partial charge is 0.481 e. The topological polar surface area (TPSA) is 75.6 Å². The third kappa shape index (κ3) is 2.49. The molecule has 0 unspecified atom stereocenters. The maximum atomic E-state index is 12.4. The van der Waals surface area contributed by atoms with Crippen molar-refractivity contribution in [3.05, 3.63) is 40.4 Å². The van der Waals surface area contributed by atoms with Crippen LogP contribution >= 0.6 is 15.9 Å². The number of carboxylic acids is 1. The number of carbonyl (C=O) groups is 2. The molecule has 6 heteroatoms. The number of aryl methyl sites for hydroxylation is 1. The molecule has 1 saturated heterocycles. The smallest absolute Gasteiger partial charge is 0.310 e. The summed E-state index contributed by atoms with van der Waals surface area (Å²) < 4.78 is 6.45. The SMILES string of the molecule is Cc1cc(NC(=O)[C@H]2[C@@H](C(=O)O)[C@@H]3C=C[C@@H]2O3)ccc1Br. The van der Waals surface area contributed by atoms with Crippen molar-refractivity contribution < 1.29 is 19.4 Å². The van der Waals surface area contributed by atoms with Crippen molar-refractivity contribution in [1.82, 2.24) is 0 Å². The lowest BCUT2D eigenvalue weighted by atomic mass is 9.82. The number of aliphatic carboxylic acids is 1. The Morgan fingerprint density at radius 2 is 1.90 bits per heavy atom. The minimum atomic E-state index is -1.00. The van der Waals surface area contributed by atoms with Crippen molar-refractivity contribution in [3.63, 3.8) is 0 Å². The number of carbonyl (C=O) groups excluding carboxylic acids is 1. The molecule has 2 N–H and O–H groups in total. The molecule has 0 spiro atoms. The summed E-state index contributed by atoms with van der Waals surface area (Å²) in [5, 5.41) is 12.1. The van der Waals surface area contributed by atoms with Crippen LogP contribution in [-0.4, -0.2) is 29.2 Å². The standard InChI is InChI=1S/C15H14BrNO4/c1-7-6-8(2-3-9(7)16)17-14(18)12-10-4-5-11(21-10)13(12)15(19)20/h2-6,10-13H,1H3,(H,17,18)(H,19,20)/t10-,11-,12+,13-/m0/s1. The van der Waals surface area contributed by atoms with Crippen LogP contribution in [0.4, 0.5) is 5.69 Å². The van der Waals surface area contributed by atoms with E-state index < -0.39 is 30.0 Å². The molecule has 0 saturated carbocycles. The van der Waals surface area contributed by atoms with Gasteiger partial charge < -0.3 is 15.2 Å². The molecule has 2 aliphatic rings. The average molecular weight is 352 g/mol. The minimum absolute atomic E-state index is 0.319. The number of fused-ring (bicyclic) bond motifs is 2. The quantitative estimate of drug-likeness (QED) is 0.819. The van der Waals surface area contributed by atoms with Crippen molar-refractivity contribution >= 4 is 33.5 Å². The maximum absolute atomic E-state index is 12.4. The second-order valence-electron chi connectivity index (χ2n) is 5.29. The Kier molecular flexibility index (Phi) is 3.59. The van der Waals surface area contributed by atoms with Crippen LogP contribution in [0.25, 0.3) is 0 Å². The van der Waals surface area contributed by atoms with Crippen molar-refractivity contribution in [3.8, 4) is 0 Å². The second-order valence-corrected chi connectivity index (χ2v) is 6.15. The molecule has 1 amide bonds. The third-order valence-corrected chi connectivity index (χ3v) is 4.80. The van der Waals surface area contributed by atoms with E-state index in [1.54, 1.807) is 18.2 Å². The molecular formula is C15H14BrNO4. The lowest BCUT2D eigenvalue weighted by molar-refractivity contribution is -0.145. The first-order chi connectivity index (χ1) is 9.97. The fraction of sp³-hybridized carbons (Fsp3) is 0.333. The summed E-state index contributed by atoms with van der Waals surface area (Å²) in [6, 6.07) is 5.45. The third-order valence-electron chi connectivity index (χ3n) is 3.91. The van der Waals surface area contributed by atoms with Crippen LogP contribution in [0, 0.1) is 18.8 Å². The number of hydrogen-bond donors (Lipinski definition) is 2. The van der Waals surface area contributed by atoms with E-state index >= 15 is 0 Å². The summed E-state index contributed by atoms with van der Waals surface area (Å²) in [4.78, 5) is 23.8. The van der Waals surface area contributed by atoms with E-state index in [0.29, 0.717) is 5.69 Å². The highest BCUT2D eigenvalue weighted by Crippen LogP contribution is 2.39. The highest BCUT2D eigenvalue weighted by Gasteiger charge is 2.53. The summed E-state index contributed by atoms with van der Waals surface area (Å²) in [6.45, 7) is 1.92. The molecule has 1 fully saturated rings. The second kappa shape index (κ2) is 5.27. The lowest BCUT2D eigenvalue weighted by Crippen LogP contribution is -2.39. The predicted octanol–water partition coefficient (Wildman–Crippen LogP) is 2.35. The normalized spacial score (nSPS) is 29.6. The van der Waals surface area contributed by atoms with E-state index in [-0.39, 0.29) is 5.91 Å². The number of carboxylic acid groups (broad SMARTS) is 1. The molecular weight excluding hydrogens is 338 g/mol. The maximum Gasteiger partial charge on any atom is 0.310 e. The van der Waals surface area contributed by atoms with Crippen molar-refractivity contribution in [1.29, 1.82) is 0 Å². The molecule has 21 heavy (non-hydrogen) atoms. The molecule has 0 radical (unpaired) electrons. The van der Waals surface area contributed by atoms with Gasteiger partial charge in [0.15, 0.2) is 0 Å². The van der Waals surface area contributed by atoms with Gasteiger partial charge in [-0.1, -0.05) is 28.1 Å². The number of anilines is 1. The molecule has 3 rings (SSSR count). The number of rotatable bonds is 3. The van der Waals surface area contributed by atoms with Crippen LogP contribution in [0.3, 0.4) is 0 Å². The van der Waals surface area contributed by atoms with Gasteiger partial charge in [0, 0.05) is 10.2 Å². The molecule has 110 valence electrons. The van der Waals surface area contributed by atoms with E-state index in [1.807, 2.05) is 19.1 Å². The van der Waals surface area contributed by atoms with E-state index in [1.165, 1.54) is 0 Å². The van der Waals surface area contributed by atoms with Gasteiger partial charge in [0.05, 0.1) is 18.1 Å². The fourth-order valence-corrected chi connectivity index (χ4v) is 3.11. The number of hydrogen-bond acceptors (Lipinski definition) is 3. The van der Waals surface area contributed by atoms with Crippen molar-refractivity contribution in [2.75, 3.05) is 5.32 Å². The van der Waals surface area contributed by atoms with Crippen LogP contribution in [-0.2, 0) is 14.3 Å². The van der Waals surface area contributed by atoms with Gasteiger partial charge in [0.25, 0.3) is 0 Å². The Morgan fingerprint density at radius 1 is 1.24 bits per heavy atom. The van der Waals surface area contributed by atoms with Crippen LogP contribution < -0.4 is 5.32 Å².